The van der Waals surface area contributed by atoms with Crippen LogP contribution in [0.5, 0.6) is 5.75 Å². The largest absolute Gasteiger partial charge is 0.478 e. The lowest BCUT2D eigenvalue weighted by Crippen LogP contribution is -2.40. The van der Waals surface area contributed by atoms with Crippen molar-refractivity contribution in [1.82, 2.24) is 0 Å². The minimum absolute atomic E-state index is 0.282. The molecule has 120 valence electrons. The molecular weight excluding hydrogens is 342 g/mol. The SMILES string of the molecule is O=C(O)C1=Cc2cc(Cl)c(C(F)(F)F)cc2O[C@@H]1C(F)(F)F. The van der Waals surface area contributed by atoms with Gasteiger partial charge in [0, 0.05) is 5.56 Å². The Bertz CT molecular complexity index is 662. The molecule has 10 heteroatoms. The van der Waals surface area contributed by atoms with Crippen molar-refractivity contribution in [3.05, 3.63) is 33.9 Å². The Morgan fingerprint density at radius 1 is 1.18 bits per heavy atom. The minimum Gasteiger partial charge on any atom is -0.478 e. The highest BCUT2D eigenvalue weighted by Crippen LogP contribution is 2.43. The molecule has 3 nitrogen and oxygen atoms in total. The second kappa shape index (κ2) is 5.08. The van der Waals surface area contributed by atoms with Crippen molar-refractivity contribution < 1.29 is 41.0 Å². The first-order chi connectivity index (χ1) is 9.91. The molecule has 1 N–H and O–H groups in total. The summed E-state index contributed by atoms with van der Waals surface area (Å²) in [5.74, 6) is -2.65. The second-order valence-electron chi connectivity index (χ2n) is 4.31. The summed E-state index contributed by atoms with van der Waals surface area (Å²) in [6.07, 6.45) is -12.3. The van der Waals surface area contributed by atoms with Crippen molar-refractivity contribution in [2.45, 2.75) is 18.5 Å². The number of hydrogen-bond acceptors (Lipinski definition) is 2. The number of benzene rings is 1. The zero-order valence-corrected chi connectivity index (χ0v) is 11.0. The van der Waals surface area contributed by atoms with E-state index in [2.05, 4.69) is 4.74 Å². The summed E-state index contributed by atoms with van der Waals surface area (Å²) in [6.45, 7) is 0. The first-order valence-corrected chi connectivity index (χ1v) is 5.88. The van der Waals surface area contributed by atoms with E-state index < -0.39 is 46.3 Å². The van der Waals surface area contributed by atoms with Crippen LogP contribution in [0.3, 0.4) is 0 Å². The van der Waals surface area contributed by atoms with Crippen LogP contribution in [0.25, 0.3) is 6.08 Å². The van der Waals surface area contributed by atoms with Gasteiger partial charge in [0.25, 0.3) is 0 Å². The van der Waals surface area contributed by atoms with E-state index in [0.29, 0.717) is 18.2 Å². The van der Waals surface area contributed by atoms with Crippen LogP contribution in [0.15, 0.2) is 17.7 Å². The highest BCUT2D eigenvalue weighted by molar-refractivity contribution is 6.31. The molecule has 1 atom stereocenters. The van der Waals surface area contributed by atoms with Gasteiger partial charge in [0.15, 0.2) is 0 Å². The molecule has 0 radical (unpaired) electrons. The van der Waals surface area contributed by atoms with Crippen molar-refractivity contribution in [3.63, 3.8) is 0 Å². The Hall–Kier alpha value is -1.90. The quantitative estimate of drug-likeness (QED) is 0.777. The number of hydrogen-bond donors (Lipinski definition) is 1. The first kappa shape index (κ1) is 16.5. The number of carboxylic acid groups (broad SMARTS) is 1. The van der Waals surface area contributed by atoms with E-state index >= 15 is 0 Å². The van der Waals surface area contributed by atoms with E-state index in [9.17, 15) is 31.1 Å². The molecule has 1 heterocycles. The average molecular weight is 347 g/mol. The average Bonchev–Trinajstić information content (AvgIpc) is 2.33. The van der Waals surface area contributed by atoms with Crippen molar-refractivity contribution in [2.75, 3.05) is 0 Å². The van der Waals surface area contributed by atoms with Crippen LogP contribution in [0.2, 0.25) is 5.02 Å². The number of alkyl halides is 6. The number of aliphatic carboxylic acids is 1. The molecular formula is C12H5ClF6O3. The predicted octanol–water partition coefficient (Wildman–Crippen LogP) is 4.15. The maximum Gasteiger partial charge on any atom is 0.430 e. The van der Waals surface area contributed by atoms with Gasteiger partial charge in [-0.15, -0.1) is 0 Å². The second-order valence-corrected chi connectivity index (χ2v) is 4.72. The maximum atomic E-state index is 12.8. The van der Waals surface area contributed by atoms with Gasteiger partial charge >= 0.3 is 18.3 Å². The summed E-state index contributed by atoms with van der Waals surface area (Å²) in [5, 5.41) is 8.01. The predicted molar refractivity (Wildman–Crippen MR) is 62.5 cm³/mol. The van der Waals surface area contributed by atoms with Crippen LogP contribution in [0, 0.1) is 0 Å². The number of rotatable bonds is 1. The Balaban J connectivity index is 2.61. The molecule has 1 aromatic carbocycles. The third-order valence-electron chi connectivity index (χ3n) is 2.79. The van der Waals surface area contributed by atoms with Crippen LogP contribution in [0.4, 0.5) is 26.3 Å². The molecule has 1 aliphatic rings. The van der Waals surface area contributed by atoms with Crippen LogP contribution in [0.1, 0.15) is 11.1 Å². The van der Waals surface area contributed by atoms with Crippen LogP contribution < -0.4 is 4.74 Å². The molecule has 0 spiro atoms. The fourth-order valence-corrected chi connectivity index (χ4v) is 2.13. The Morgan fingerprint density at radius 2 is 1.77 bits per heavy atom. The molecule has 0 fully saturated rings. The molecule has 22 heavy (non-hydrogen) atoms. The Kier molecular flexibility index (Phi) is 3.80. The molecule has 0 aromatic heterocycles. The molecule has 0 aliphatic carbocycles. The summed E-state index contributed by atoms with van der Waals surface area (Å²) in [4.78, 5) is 10.9. The summed E-state index contributed by atoms with van der Waals surface area (Å²) in [7, 11) is 0. The molecule has 2 rings (SSSR count). The summed E-state index contributed by atoms with van der Waals surface area (Å²) >= 11 is 5.42. The van der Waals surface area contributed by atoms with Crippen LogP contribution >= 0.6 is 11.6 Å². The van der Waals surface area contributed by atoms with Crippen molar-refractivity contribution in [3.8, 4) is 5.75 Å². The first-order valence-electron chi connectivity index (χ1n) is 5.50. The van der Waals surface area contributed by atoms with Gasteiger partial charge < -0.3 is 9.84 Å². The lowest BCUT2D eigenvalue weighted by Gasteiger charge is -2.27. The third-order valence-corrected chi connectivity index (χ3v) is 3.10. The molecule has 0 unspecified atom stereocenters. The van der Waals surface area contributed by atoms with E-state index in [1.165, 1.54) is 0 Å². The number of carboxylic acids is 1. The van der Waals surface area contributed by atoms with Gasteiger partial charge in [-0.1, -0.05) is 11.6 Å². The molecule has 0 amide bonds. The smallest absolute Gasteiger partial charge is 0.430 e. The van der Waals surface area contributed by atoms with E-state index in [-0.39, 0.29) is 5.56 Å². The van der Waals surface area contributed by atoms with Crippen molar-refractivity contribution in [2.24, 2.45) is 0 Å². The number of fused-ring (bicyclic) bond motifs is 1. The van der Waals surface area contributed by atoms with E-state index in [1.54, 1.807) is 0 Å². The minimum atomic E-state index is -5.10. The Labute approximate surface area is 123 Å². The van der Waals surface area contributed by atoms with Gasteiger partial charge in [0.2, 0.25) is 6.10 Å². The zero-order chi connectivity index (χ0) is 16.9. The van der Waals surface area contributed by atoms with Crippen molar-refractivity contribution >= 4 is 23.6 Å². The van der Waals surface area contributed by atoms with E-state index in [4.69, 9.17) is 16.7 Å². The highest BCUT2D eigenvalue weighted by atomic mass is 35.5. The molecule has 1 aromatic rings. The number of halogens is 7. The third kappa shape index (κ3) is 2.99. The van der Waals surface area contributed by atoms with E-state index in [1.807, 2.05) is 0 Å². The lowest BCUT2D eigenvalue weighted by atomic mass is 10.00. The van der Waals surface area contributed by atoms with Gasteiger partial charge in [-0.3, -0.25) is 0 Å². The number of carbonyl (C=O) groups is 1. The van der Waals surface area contributed by atoms with Gasteiger partial charge in [0.1, 0.15) is 5.75 Å². The highest BCUT2D eigenvalue weighted by Gasteiger charge is 2.49. The fourth-order valence-electron chi connectivity index (χ4n) is 1.85. The lowest BCUT2D eigenvalue weighted by molar-refractivity contribution is -0.187. The molecule has 0 saturated heterocycles. The van der Waals surface area contributed by atoms with Gasteiger partial charge in [-0.25, -0.2) is 4.79 Å². The molecule has 1 aliphatic heterocycles. The number of ether oxygens (including phenoxy) is 1. The summed E-state index contributed by atoms with van der Waals surface area (Å²) in [5.41, 5.74) is -2.80. The monoisotopic (exact) mass is 346 g/mol. The van der Waals surface area contributed by atoms with Gasteiger partial charge in [0.05, 0.1) is 16.2 Å². The fraction of sp³-hybridized carbons (Fsp3) is 0.250. The van der Waals surface area contributed by atoms with Crippen LogP contribution in [-0.4, -0.2) is 23.4 Å². The molecule has 0 bridgehead atoms. The standard InChI is InChI=1S/C12H5ClF6O3/c13-7-2-4-1-5(10(20)21)9(12(17,18)19)22-8(4)3-6(7)11(14,15)16/h1-3,9H,(H,20,21)/t9-/m0/s1. The Morgan fingerprint density at radius 3 is 2.23 bits per heavy atom. The van der Waals surface area contributed by atoms with Crippen LogP contribution in [-0.2, 0) is 11.0 Å². The maximum absolute atomic E-state index is 12.8. The van der Waals surface area contributed by atoms with Gasteiger partial charge in [-0.2, -0.15) is 26.3 Å². The van der Waals surface area contributed by atoms with Gasteiger partial charge in [-0.05, 0) is 18.2 Å². The topological polar surface area (TPSA) is 46.5 Å². The normalized spacial score (nSPS) is 18.3. The summed E-state index contributed by atoms with van der Waals surface area (Å²) in [6, 6.07) is 1.01. The van der Waals surface area contributed by atoms with Crippen molar-refractivity contribution in [1.29, 1.82) is 0 Å². The molecule has 0 saturated carbocycles. The summed E-state index contributed by atoms with van der Waals surface area (Å²) < 4.78 is 80.8. The zero-order valence-electron chi connectivity index (χ0n) is 10.2. The van der Waals surface area contributed by atoms with E-state index in [0.717, 1.165) is 0 Å².